The molecule has 1 aliphatic heterocycles. The largest absolute Gasteiger partial charge is 0.339 e. The summed E-state index contributed by atoms with van der Waals surface area (Å²) in [5.74, 6) is -0.0648. The molecule has 5 rings (SSSR count). The van der Waals surface area contributed by atoms with Gasteiger partial charge in [-0.25, -0.2) is 9.07 Å². The van der Waals surface area contributed by atoms with Gasteiger partial charge in [-0.1, -0.05) is 60.2 Å². The summed E-state index contributed by atoms with van der Waals surface area (Å²) in [6.07, 6.45) is 3.67. The normalized spacial score (nSPS) is 14.8. The molecule has 2 heterocycles. The van der Waals surface area contributed by atoms with E-state index in [0.29, 0.717) is 17.1 Å². The summed E-state index contributed by atoms with van der Waals surface area (Å²) in [6.45, 7) is 2.05. The lowest BCUT2D eigenvalue weighted by molar-refractivity contribution is 0.102. The molecule has 0 spiro atoms. The van der Waals surface area contributed by atoms with Gasteiger partial charge >= 0.3 is 0 Å². The van der Waals surface area contributed by atoms with E-state index in [1.54, 1.807) is 6.20 Å². The van der Waals surface area contributed by atoms with E-state index < -0.39 is 0 Å². The molecule has 0 unspecified atom stereocenters. The van der Waals surface area contributed by atoms with Crippen molar-refractivity contribution >= 4 is 23.1 Å². The van der Waals surface area contributed by atoms with E-state index in [2.05, 4.69) is 46.1 Å². The first-order valence-electron chi connectivity index (χ1n) is 10.3. The molecule has 1 amide bonds. The van der Waals surface area contributed by atoms with Gasteiger partial charge in [-0.15, -0.1) is 0 Å². The molecule has 0 saturated heterocycles. The Hall–Kier alpha value is -4.19. The summed E-state index contributed by atoms with van der Waals surface area (Å²) in [6, 6.07) is 23.8. The van der Waals surface area contributed by atoms with Crippen LogP contribution in [-0.2, 0) is 0 Å². The number of anilines is 2. The predicted octanol–water partition coefficient (Wildman–Crippen LogP) is 5.64. The minimum Gasteiger partial charge on any atom is -0.339 e. The number of carbonyl (C=O) groups excluding carboxylic acids is 1. The van der Waals surface area contributed by atoms with Gasteiger partial charge in [0, 0.05) is 11.4 Å². The van der Waals surface area contributed by atoms with Gasteiger partial charge in [-0.2, -0.15) is 5.10 Å². The highest BCUT2D eigenvalue weighted by atomic mass is 19.1. The molecule has 0 fully saturated rings. The first kappa shape index (κ1) is 19.8. The van der Waals surface area contributed by atoms with E-state index in [1.165, 1.54) is 29.8 Å². The van der Waals surface area contributed by atoms with Gasteiger partial charge in [-0.3, -0.25) is 4.79 Å². The molecule has 5 nitrogen and oxygen atoms in total. The molecule has 158 valence electrons. The number of nitrogens with zero attached hydrogens (tertiary/aromatic N) is 2. The number of hydrogen-bond donors (Lipinski definition) is 2. The Labute approximate surface area is 185 Å². The van der Waals surface area contributed by atoms with Crippen molar-refractivity contribution in [3.05, 3.63) is 119 Å². The Kier molecular flexibility index (Phi) is 5.03. The van der Waals surface area contributed by atoms with Crippen molar-refractivity contribution in [2.24, 2.45) is 0 Å². The number of carbonyl (C=O) groups is 1. The SMILES string of the molecule is Cc1ccc(C2=C[C@@H](c3ccccc3)n3ncc(C(=O)Nc4ccc(F)cc4)c3N2)cc1. The lowest BCUT2D eigenvalue weighted by atomic mass is 10.0. The molecule has 2 N–H and O–H groups in total. The van der Waals surface area contributed by atoms with E-state index in [9.17, 15) is 9.18 Å². The first-order valence-corrected chi connectivity index (χ1v) is 10.3. The molecule has 32 heavy (non-hydrogen) atoms. The molecule has 1 aliphatic rings. The lowest BCUT2D eigenvalue weighted by Gasteiger charge is -2.26. The highest BCUT2D eigenvalue weighted by Crippen LogP contribution is 2.35. The number of allylic oxidation sites excluding steroid dienone is 1. The second-order valence-electron chi connectivity index (χ2n) is 7.74. The number of halogens is 1. The van der Waals surface area contributed by atoms with Gasteiger partial charge in [0.15, 0.2) is 0 Å². The van der Waals surface area contributed by atoms with E-state index in [4.69, 9.17) is 0 Å². The van der Waals surface area contributed by atoms with E-state index in [-0.39, 0.29) is 17.8 Å². The van der Waals surface area contributed by atoms with Crippen molar-refractivity contribution in [1.29, 1.82) is 0 Å². The van der Waals surface area contributed by atoms with Gasteiger partial charge in [-0.05, 0) is 48.4 Å². The summed E-state index contributed by atoms with van der Waals surface area (Å²) in [4.78, 5) is 13.0. The lowest BCUT2D eigenvalue weighted by Crippen LogP contribution is -2.22. The average Bonchev–Trinajstić information content (AvgIpc) is 3.25. The molecular formula is C26H21FN4O. The molecule has 4 aromatic rings. The summed E-state index contributed by atoms with van der Waals surface area (Å²) < 4.78 is 15.0. The molecule has 0 aliphatic carbocycles. The zero-order valence-electron chi connectivity index (χ0n) is 17.4. The highest BCUT2D eigenvalue weighted by Gasteiger charge is 2.27. The number of fused-ring (bicyclic) bond motifs is 1. The number of amides is 1. The van der Waals surface area contributed by atoms with Gasteiger partial charge in [0.25, 0.3) is 5.91 Å². The Morgan fingerprint density at radius 3 is 2.44 bits per heavy atom. The van der Waals surface area contributed by atoms with Crippen LogP contribution in [0.1, 0.15) is 33.1 Å². The van der Waals surface area contributed by atoms with Gasteiger partial charge in [0.1, 0.15) is 17.2 Å². The number of benzene rings is 3. The van der Waals surface area contributed by atoms with E-state index in [0.717, 1.165) is 16.8 Å². The van der Waals surface area contributed by atoms with Gasteiger partial charge < -0.3 is 10.6 Å². The van der Waals surface area contributed by atoms with Crippen molar-refractivity contribution in [2.45, 2.75) is 13.0 Å². The van der Waals surface area contributed by atoms with Crippen molar-refractivity contribution in [3.8, 4) is 0 Å². The number of hydrogen-bond acceptors (Lipinski definition) is 3. The molecule has 1 aromatic heterocycles. The Morgan fingerprint density at radius 1 is 1.00 bits per heavy atom. The number of nitrogens with one attached hydrogen (secondary N) is 2. The molecule has 0 saturated carbocycles. The molecule has 0 bridgehead atoms. The molecular weight excluding hydrogens is 403 g/mol. The van der Waals surface area contributed by atoms with E-state index >= 15 is 0 Å². The first-order chi connectivity index (χ1) is 15.6. The fraction of sp³-hybridized carbons (Fsp3) is 0.0769. The topological polar surface area (TPSA) is 59.0 Å². The predicted molar refractivity (Wildman–Crippen MR) is 124 cm³/mol. The van der Waals surface area contributed by atoms with Crippen LogP contribution in [-0.4, -0.2) is 15.7 Å². The van der Waals surface area contributed by atoms with Crippen LogP contribution < -0.4 is 10.6 Å². The molecule has 1 atom stereocenters. The van der Waals surface area contributed by atoms with Crippen LogP contribution >= 0.6 is 0 Å². The maximum absolute atomic E-state index is 13.2. The second-order valence-corrected chi connectivity index (χ2v) is 7.74. The maximum atomic E-state index is 13.2. The van der Waals surface area contributed by atoms with Gasteiger partial charge in [0.05, 0.1) is 12.2 Å². The van der Waals surface area contributed by atoms with Crippen LogP contribution in [0.3, 0.4) is 0 Å². The van der Waals surface area contributed by atoms with Crippen LogP contribution in [0.25, 0.3) is 5.70 Å². The quantitative estimate of drug-likeness (QED) is 0.446. The fourth-order valence-corrected chi connectivity index (χ4v) is 3.78. The van der Waals surface area contributed by atoms with Crippen LogP contribution in [0.2, 0.25) is 0 Å². The highest BCUT2D eigenvalue weighted by molar-refractivity contribution is 6.08. The standard InChI is InChI=1S/C26H21FN4O/c1-17-7-9-18(10-8-17)23-15-24(19-5-3-2-4-6-19)31-25(30-23)22(16-28-31)26(32)29-21-13-11-20(27)12-14-21/h2-16,24,30H,1H3,(H,29,32)/t24-/m0/s1. The Balaban J connectivity index is 1.54. The summed E-state index contributed by atoms with van der Waals surface area (Å²) >= 11 is 0. The van der Waals surface area contributed by atoms with E-state index in [1.807, 2.05) is 41.9 Å². The molecule has 3 aromatic carbocycles. The summed E-state index contributed by atoms with van der Waals surface area (Å²) in [5, 5.41) is 10.7. The van der Waals surface area contributed by atoms with Crippen LogP contribution in [0.4, 0.5) is 15.9 Å². The third-order valence-electron chi connectivity index (χ3n) is 5.49. The third kappa shape index (κ3) is 3.78. The number of aryl methyl sites for hydroxylation is 1. The van der Waals surface area contributed by atoms with Gasteiger partial charge in [0.2, 0.25) is 0 Å². The minimum atomic E-state index is -0.355. The maximum Gasteiger partial charge on any atom is 0.261 e. The van der Waals surface area contributed by atoms with Crippen LogP contribution in [0.5, 0.6) is 0 Å². The average molecular weight is 424 g/mol. The Bertz CT molecular complexity index is 1290. The minimum absolute atomic E-state index is 0.170. The summed E-state index contributed by atoms with van der Waals surface area (Å²) in [7, 11) is 0. The van der Waals surface area contributed by atoms with Crippen molar-refractivity contribution < 1.29 is 9.18 Å². The third-order valence-corrected chi connectivity index (χ3v) is 5.49. The van der Waals surface area contributed by atoms with Crippen LogP contribution in [0, 0.1) is 12.7 Å². The summed E-state index contributed by atoms with van der Waals surface area (Å²) in [5.41, 5.74) is 5.09. The zero-order valence-corrected chi connectivity index (χ0v) is 17.4. The van der Waals surface area contributed by atoms with Crippen molar-refractivity contribution in [1.82, 2.24) is 9.78 Å². The molecule has 6 heteroatoms. The van der Waals surface area contributed by atoms with Crippen molar-refractivity contribution in [2.75, 3.05) is 10.6 Å². The zero-order chi connectivity index (χ0) is 22.1. The second kappa shape index (κ2) is 8.15. The van der Waals surface area contributed by atoms with Crippen molar-refractivity contribution in [3.63, 3.8) is 0 Å². The monoisotopic (exact) mass is 424 g/mol. The number of rotatable bonds is 4. The molecule has 0 radical (unpaired) electrons. The fourth-order valence-electron chi connectivity index (χ4n) is 3.78. The smallest absolute Gasteiger partial charge is 0.261 e. The van der Waals surface area contributed by atoms with Crippen LogP contribution in [0.15, 0.2) is 91.1 Å². The number of aromatic nitrogens is 2. The Morgan fingerprint density at radius 2 is 1.72 bits per heavy atom.